The number of Topliss-reactive ketones (excluding diaryl/α,β-unsaturated/α-hetero) is 1. The van der Waals surface area contributed by atoms with Gasteiger partial charge in [0.15, 0.2) is 10.9 Å². The molecule has 1 aliphatic carbocycles. The van der Waals surface area contributed by atoms with Crippen molar-refractivity contribution < 1.29 is 4.79 Å². The van der Waals surface area contributed by atoms with E-state index in [-0.39, 0.29) is 16.6 Å². The Bertz CT molecular complexity index is 1080. The van der Waals surface area contributed by atoms with Crippen LogP contribution in [0.1, 0.15) is 46.1 Å². The molecule has 0 saturated carbocycles. The van der Waals surface area contributed by atoms with Gasteiger partial charge >= 0.3 is 0 Å². The first-order valence-electron chi connectivity index (χ1n) is 9.24. The highest BCUT2D eigenvalue weighted by molar-refractivity contribution is 8.00. The molecule has 0 radical (unpaired) electrons. The smallest absolute Gasteiger partial charge is 0.262 e. The average molecular weight is 399 g/mol. The number of hydrogen-bond donors (Lipinski definition) is 0. The van der Waals surface area contributed by atoms with Gasteiger partial charge in [0.1, 0.15) is 4.83 Å². The van der Waals surface area contributed by atoms with E-state index in [2.05, 4.69) is 0 Å². The summed E-state index contributed by atoms with van der Waals surface area (Å²) in [7, 11) is 1.76. The lowest BCUT2D eigenvalue weighted by Crippen LogP contribution is -2.22. The standard InChI is InChI=1S/C21H22N2O2S2/c1-12-8-10-14(11-9-12)18(24)13(2)26-21-22-19-17(20(25)23(21)3)15-6-4-5-7-16(15)27-19/h8-11,13H,4-7H2,1-3H3/t13-/m1/s1. The zero-order chi connectivity index (χ0) is 19.1. The second-order valence-electron chi connectivity index (χ2n) is 7.14. The molecule has 0 saturated heterocycles. The number of thioether (sulfide) groups is 1. The summed E-state index contributed by atoms with van der Waals surface area (Å²) >= 11 is 3.01. The molecule has 0 fully saturated rings. The topological polar surface area (TPSA) is 52.0 Å². The Balaban J connectivity index is 1.67. The van der Waals surface area contributed by atoms with Crippen LogP contribution in [0.15, 0.2) is 34.2 Å². The third kappa shape index (κ3) is 3.36. The Morgan fingerprint density at radius 1 is 1.22 bits per heavy atom. The van der Waals surface area contributed by atoms with Crippen molar-refractivity contribution >= 4 is 39.1 Å². The second kappa shape index (κ2) is 7.24. The highest BCUT2D eigenvalue weighted by atomic mass is 32.2. The lowest BCUT2D eigenvalue weighted by atomic mass is 9.97. The summed E-state index contributed by atoms with van der Waals surface area (Å²) in [6.07, 6.45) is 4.34. The third-order valence-electron chi connectivity index (χ3n) is 5.14. The van der Waals surface area contributed by atoms with Crippen LogP contribution in [0.4, 0.5) is 0 Å². The van der Waals surface area contributed by atoms with Gasteiger partial charge in [0, 0.05) is 17.5 Å². The minimum atomic E-state index is -0.308. The van der Waals surface area contributed by atoms with Crippen LogP contribution in [-0.4, -0.2) is 20.6 Å². The van der Waals surface area contributed by atoms with Gasteiger partial charge in [-0.25, -0.2) is 4.98 Å². The monoisotopic (exact) mass is 398 g/mol. The van der Waals surface area contributed by atoms with Crippen molar-refractivity contribution in [1.82, 2.24) is 9.55 Å². The number of hydrogen-bond acceptors (Lipinski definition) is 5. The van der Waals surface area contributed by atoms with Crippen molar-refractivity contribution in [3.05, 3.63) is 56.2 Å². The first kappa shape index (κ1) is 18.4. The minimum absolute atomic E-state index is 0.0110. The molecule has 3 aromatic rings. The van der Waals surface area contributed by atoms with Crippen LogP contribution in [0.3, 0.4) is 0 Å². The molecule has 2 heterocycles. The zero-order valence-corrected chi connectivity index (χ0v) is 17.4. The van der Waals surface area contributed by atoms with E-state index in [0.29, 0.717) is 10.7 Å². The minimum Gasteiger partial charge on any atom is -0.293 e. The van der Waals surface area contributed by atoms with Gasteiger partial charge in [-0.1, -0.05) is 41.6 Å². The van der Waals surface area contributed by atoms with E-state index in [1.54, 1.807) is 23.0 Å². The highest BCUT2D eigenvalue weighted by Gasteiger charge is 2.23. The molecule has 0 amide bonds. The van der Waals surface area contributed by atoms with Crippen LogP contribution in [0, 0.1) is 6.92 Å². The molecule has 0 aliphatic heterocycles. The molecule has 4 rings (SSSR count). The third-order valence-corrected chi connectivity index (χ3v) is 7.47. The fourth-order valence-corrected chi connectivity index (χ4v) is 5.79. The van der Waals surface area contributed by atoms with Gasteiger partial charge in [0.2, 0.25) is 0 Å². The predicted molar refractivity (Wildman–Crippen MR) is 112 cm³/mol. The number of carbonyl (C=O) groups is 1. The van der Waals surface area contributed by atoms with Crippen LogP contribution < -0.4 is 5.56 Å². The molecule has 0 bridgehead atoms. The lowest BCUT2D eigenvalue weighted by molar-refractivity contribution is 0.0994. The van der Waals surface area contributed by atoms with Crippen LogP contribution >= 0.6 is 23.1 Å². The molecule has 0 unspecified atom stereocenters. The first-order chi connectivity index (χ1) is 13.0. The number of aryl methyl sites for hydroxylation is 3. The number of aromatic nitrogens is 2. The maximum atomic E-state index is 13.0. The van der Waals surface area contributed by atoms with Crippen molar-refractivity contribution in [3.63, 3.8) is 0 Å². The van der Waals surface area contributed by atoms with Crippen LogP contribution in [0.5, 0.6) is 0 Å². The lowest BCUT2D eigenvalue weighted by Gasteiger charge is -2.13. The van der Waals surface area contributed by atoms with Gasteiger partial charge in [-0.2, -0.15) is 0 Å². The second-order valence-corrected chi connectivity index (χ2v) is 9.53. The van der Waals surface area contributed by atoms with Crippen molar-refractivity contribution in [1.29, 1.82) is 0 Å². The summed E-state index contributed by atoms with van der Waals surface area (Å²) in [5.74, 6) is 0.0554. The molecule has 4 nitrogen and oxygen atoms in total. The Kier molecular flexibility index (Phi) is 4.95. The fraction of sp³-hybridized carbons (Fsp3) is 0.381. The van der Waals surface area contributed by atoms with Gasteiger partial charge in [-0.05, 0) is 45.1 Å². The van der Waals surface area contributed by atoms with Crippen LogP contribution in [0.25, 0.3) is 10.2 Å². The summed E-state index contributed by atoms with van der Waals surface area (Å²) in [6, 6.07) is 7.61. The van der Waals surface area contributed by atoms with Gasteiger partial charge in [-0.15, -0.1) is 11.3 Å². The fourth-order valence-electron chi connectivity index (χ4n) is 3.54. The van der Waals surface area contributed by atoms with E-state index in [0.717, 1.165) is 35.0 Å². The SMILES string of the molecule is Cc1ccc(C(=O)[C@@H](C)Sc2nc3sc4c(c3c(=O)n2C)CCCC4)cc1. The van der Waals surface area contributed by atoms with E-state index in [1.165, 1.54) is 28.6 Å². The molecule has 140 valence electrons. The summed E-state index contributed by atoms with van der Waals surface area (Å²) < 4.78 is 1.60. The van der Waals surface area contributed by atoms with Crippen molar-refractivity contribution in [2.45, 2.75) is 49.9 Å². The number of rotatable bonds is 4. The largest absolute Gasteiger partial charge is 0.293 e. The Labute approximate surface area is 166 Å². The number of carbonyl (C=O) groups excluding carboxylic acids is 1. The van der Waals surface area contributed by atoms with E-state index in [1.807, 2.05) is 38.1 Å². The summed E-state index contributed by atoms with van der Waals surface area (Å²) in [5.41, 5.74) is 3.04. The summed E-state index contributed by atoms with van der Waals surface area (Å²) in [5, 5.41) is 1.09. The van der Waals surface area contributed by atoms with E-state index >= 15 is 0 Å². The van der Waals surface area contributed by atoms with Gasteiger partial charge in [0.25, 0.3) is 5.56 Å². The Morgan fingerprint density at radius 2 is 1.93 bits per heavy atom. The normalized spacial score (nSPS) is 14.9. The van der Waals surface area contributed by atoms with E-state index in [9.17, 15) is 9.59 Å². The summed E-state index contributed by atoms with van der Waals surface area (Å²) in [6.45, 7) is 3.88. The molecule has 2 aromatic heterocycles. The van der Waals surface area contributed by atoms with Crippen molar-refractivity contribution in [2.75, 3.05) is 0 Å². The Morgan fingerprint density at radius 3 is 2.67 bits per heavy atom. The molecule has 1 aromatic carbocycles. The first-order valence-corrected chi connectivity index (χ1v) is 10.9. The van der Waals surface area contributed by atoms with E-state index in [4.69, 9.17) is 4.98 Å². The zero-order valence-electron chi connectivity index (χ0n) is 15.7. The number of fused-ring (bicyclic) bond motifs is 3. The van der Waals surface area contributed by atoms with Crippen LogP contribution in [-0.2, 0) is 19.9 Å². The molecule has 6 heteroatoms. The van der Waals surface area contributed by atoms with Gasteiger partial charge in [0.05, 0.1) is 10.6 Å². The molecular formula is C21H22N2O2S2. The quantitative estimate of drug-likeness (QED) is 0.368. The van der Waals surface area contributed by atoms with E-state index < -0.39 is 0 Å². The maximum Gasteiger partial charge on any atom is 0.262 e. The maximum absolute atomic E-state index is 13.0. The van der Waals surface area contributed by atoms with Crippen LogP contribution in [0.2, 0.25) is 0 Å². The van der Waals surface area contributed by atoms with Gasteiger partial charge in [-0.3, -0.25) is 14.2 Å². The molecule has 0 N–H and O–H groups in total. The number of nitrogens with zero attached hydrogens (tertiary/aromatic N) is 2. The number of benzene rings is 1. The molecule has 1 aliphatic rings. The summed E-state index contributed by atoms with van der Waals surface area (Å²) in [4.78, 5) is 32.6. The molecule has 1 atom stereocenters. The van der Waals surface area contributed by atoms with Gasteiger partial charge < -0.3 is 0 Å². The molecule has 27 heavy (non-hydrogen) atoms. The predicted octanol–water partition coefficient (Wildman–Crippen LogP) is 4.55. The number of thiophene rings is 1. The Hall–Kier alpha value is -1.92. The molecule has 0 spiro atoms. The van der Waals surface area contributed by atoms with Crippen molar-refractivity contribution in [3.8, 4) is 0 Å². The number of ketones is 1. The average Bonchev–Trinajstić information content (AvgIpc) is 3.04. The van der Waals surface area contributed by atoms with Crippen molar-refractivity contribution in [2.24, 2.45) is 7.05 Å². The molecular weight excluding hydrogens is 376 g/mol. The highest BCUT2D eigenvalue weighted by Crippen LogP contribution is 2.35.